The Hall–Kier alpha value is -0.860. The van der Waals surface area contributed by atoms with Crippen molar-refractivity contribution < 1.29 is 0 Å². The first-order valence-electron chi connectivity index (χ1n) is 6.68. The average molecular weight is 232 g/mol. The number of aryl methyl sites for hydroxylation is 2. The molecule has 1 atom stereocenters. The lowest BCUT2D eigenvalue weighted by molar-refractivity contribution is 0.210. The van der Waals surface area contributed by atoms with Crippen LogP contribution >= 0.6 is 0 Å². The number of hydrogen-bond donors (Lipinski definition) is 1. The van der Waals surface area contributed by atoms with Crippen molar-refractivity contribution in [1.29, 1.82) is 0 Å². The van der Waals surface area contributed by atoms with Gasteiger partial charge in [-0.05, 0) is 50.4 Å². The highest BCUT2D eigenvalue weighted by Crippen LogP contribution is 2.18. The summed E-state index contributed by atoms with van der Waals surface area (Å²) in [5.74, 6) is 0. The van der Waals surface area contributed by atoms with Crippen LogP contribution in [-0.4, -0.2) is 30.6 Å². The molecule has 17 heavy (non-hydrogen) atoms. The molecule has 0 aromatic heterocycles. The van der Waals surface area contributed by atoms with Gasteiger partial charge in [-0.2, -0.15) is 0 Å². The molecule has 1 N–H and O–H groups in total. The van der Waals surface area contributed by atoms with Gasteiger partial charge in [0.2, 0.25) is 0 Å². The highest BCUT2D eigenvalue weighted by molar-refractivity contribution is 5.33. The van der Waals surface area contributed by atoms with Crippen LogP contribution < -0.4 is 5.32 Å². The van der Waals surface area contributed by atoms with Crippen LogP contribution in [0.4, 0.5) is 0 Å². The van der Waals surface area contributed by atoms with Crippen molar-refractivity contribution >= 4 is 0 Å². The zero-order valence-electron chi connectivity index (χ0n) is 11.3. The molecule has 2 rings (SSSR count). The Kier molecular flexibility index (Phi) is 4.19. The maximum atomic E-state index is 3.48. The van der Waals surface area contributed by atoms with E-state index in [1.54, 1.807) is 0 Å². The van der Waals surface area contributed by atoms with Gasteiger partial charge in [0.1, 0.15) is 0 Å². The number of nitrogens with zero attached hydrogens (tertiary/aromatic N) is 1. The van der Waals surface area contributed by atoms with Gasteiger partial charge in [0, 0.05) is 25.7 Å². The van der Waals surface area contributed by atoms with Crippen molar-refractivity contribution in [3.05, 3.63) is 34.9 Å². The maximum Gasteiger partial charge on any atom is 0.0242 e. The van der Waals surface area contributed by atoms with Crippen molar-refractivity contribution in [2.24, 2.45) is 0 Å². The molecular weight excluding hydrogens is 208 g/mol. The highest BCUT2D eigenvalue weighted by atomic mass is 15.2. The fraction of sp³-hybridized carbons (Fsp3) is 0.600. The van der Waals surface area contributed by atoms with Crippen molar-refractivity contribution in [3.63, 3.8) is 0 Å². The van der Waals surface area contributed by atoms with E-state index in [1.807, 2.05) is 0 Å². The number of hydrogen-bond acceptors (Lipinski definition) is 2. The van der Waals surface area contributed by atoms with Crippen LogP contribution in [0.25, 0.3) is 0 Å². The summed E-state index contributed by atoms with van der Waals surface area (Å²) in [6.07, 6.45) is 1.25. The van der Waals surface area contributed by atoms with E-state index in [0.717, 1.165) is 26.2 Å². The first-order chi connectivity index (χ1) is 8.18. The Labute approximate surface area is 105 Å². The Bertz CT molecular complexity index is 353. The monoisotopic (exact) mass is 232 g/mol. The van der Waals surface area contributed by atoms with Crippen molar-refractivity contribution in [2.45, 2.75) is 39.8 Å². The van der Waals surface area contributed by atoms with Gasteiger partial charge in [-0.3, -0.25) is 4.90 Å². The number of rotatable bonds is 2. The smallest absolute Gasteiger partial charge is 0.0242 e. The summed E-state index contributed by atoms with van der Waals surface area (Å²) in [5.41, 5.74) is 4.37. The van der Waals surface area contributed by atoms with Crippen molar-refractivity contribution in [3.8, 4) is 0 Å². The lowest BCUT2D eigenvalue weighted by Gasteiger charge is -2.28. The second kappa shape index (κ2) is 5.65. The molecule has 2 heteroatoms. The van der Waals surface area contributed by atoms with E-state index in [4.69, 9.17) is 0 Å². The minimum atomic E-state index is 0.684. The third-order valence-corrected chi connectivity index (χ3v) is 3.94. The SMILES string of the molecule is Cc1cccc(C)c1CN1CCNCCC1C. The van der Waals surface area contributed by atoms with Crippen LogP contribution in [0.5, 0.6) is 0 Å². The van der Waals surface area contributed by atoms with E-state index >= 15 is 0 Å². The van der Waals surface area contributed by atoms with Gasteiger partial charge in [-0.1, -0.05) is 18.2 Å². The van der Waals surface area contributed by atoms with Crippen molar-refractivity contribution in [1.82, 2.24) is 10.2 Å². The summed E-state index contributed by atoms with van der Waals surface area (Å²) in [7, 11) is 0. The van der Waals surface area contributed by atoms with Gasteiger partial charge < -0.3 is 5.32 Å². The zero-order chi connectivity index (χ0) is 12.3. The molecule has 0 saturated carbocycles. The molecule has 0 spiro atoms. The normalized spacial score (nSPS) is 22.4. The van der Waals surface area contributed by atoms with Crippen molar-refractivity contribution in [2.75, 3.05) is 19.6 Å². The summed E-state index contributed by atoms with van der Waals surface area (Å²) in [4.78, 5) is 2.61. The molecule has 1 fully saturated rings. The molecule has 0 radical (unpaired) electrons. The van der Waals surface area contributed by atoms with Gasteiger partial charge in [0.25, 0.3) is 0 Å². The molecule has 1 saturated heterocycles. The van der Waals surface area contributed by atoms with Crippen LogP contribution in [0.1, 0.15) is 30.0 Å². The highest BCUT2D eigenvalue weighted by Gasteiger charge is 2.17. The predicted octanol–water partition coefficient (Wildman–Crippen LogP) is 2.49. The van der Waals surface area contributed by atoms with E-state index in [0.29, 0.717) is 6.04 Å². The van der Waals surface area contributed by atoms with Gasteiger partial charge in [0.05, 0.1) is 0 Å². The second-order valence-electron chi connectivity index (χ2n) is 5.23. The Morgan fingerprint density at radius 3 is 2.65 bits per heavy atom. The molecule has 1 aliphatic heterocycles. The minimum absolute atomic E-state index is 0.684. The minimum Gasteiger partial charge on any atom is -0.315 e. The average Bonchev–Trinajstić information content (AvgIpc) is 2.49. The first-order valence-corrected chi connectivity index (χ1v) is 6.68. The first kappa shape index (κ1) is 12.6. The summed E-state index contributed by atoms with van der Waals surface area (Å²) in [6, 6.07) is 7.29. The van der Waals surface area contributed by atoms with E-state index in [9.17, 15) is 0 Å². The van der Waals surface area contributed by atoms with Gasteiger partial charge in [0.15, 0.2) is 0 Å². The fourth-order valence-electron chi connectivity index (χ4n) is 2.60. The van der Waals surface area contributed by atoms with E-state index in [-0.39, 0.29) is 0 Å². The van der Waals surface area contributed by atoms with Crippen LogP contribution in [0, 0.1) is 13.8 Å². The molecule has 1 aliphatic rings. The molecule has 1 unspecified atom stereocenters. The van der Waals surface area contributed by atoms with E-state index < -0.39 is 0 Å². The second-order valence-corrected chi connectivity index (χ2v) is 5.23. The zero-order valence-corrected chi connectivity index (χ0v) is 11.3. The molecule has 0 aliphatic carbocycles. The molecule has 0 amide bonds. The standard InChI is InChI=1S/C15H24N2/c1-12-5-4-6-13(2)15(12)11-17-10-9-16-8-7-14(17)3/h4-6,14,16H,7-11H2,1-3H3. The van der Waals surface area contributed by atoms with Gasteiger partial charge in [-0.15, -0.1) is 0 Å². The third-order valence-electron chi connectivity index (χ3n) is 3.94. The molecule has 1 heterocycles. The largest absolute Gasteiger partial charge is 0.315 e. The van der Waals surface area contributed by atoms with Crippen LogP contribution in [-0.2, 0) is 6.54 Å². The molecule has 2 nitrogen and oxygen atoms in total. The molecular formula is C15H24N2. The van der Waals surface area contributed by atoms with E-state index in [1.165, 1.54) is 23.1 Å². The lowest BCUT2D eigenvalue weighted by Crippen LogP contribution is -2.34. The molecule has 1 aromatic carbocycles. The fourth-order valence-corrected chi connectivity index (χ4v) is 2.60. The Balaban J connectivity index is 2.13. The summed E-state index contributed by atoms with van der Waals surface area (Å²) < 4.78 is 0. The van der Waals surface area contributed by atoms with Gasteiger partial charge >= 0.3 is 0 Å². The Morgan fingerprint density at radius 1 is 1.24 bits per heavy atom. The van der Waals surface area contributed by atoms with E-state index in [2.05, 4.69) is 49.2 Å². The summed E-state index contributed by atoms with van der Waals surface area (Å²) in [5, 5.41) is 3.48. The van der Waals surface area contributed by atoms with Gasteiger partial charge in [-0.25, -0.2) is 0 Å². The van der Waals surface area contributed by atoms with Crippen LogP contribution in [0.15, 0.2) is 18.2 Å². The van der Waals surface area contributed by atoms with Crippen LogP contribution in [0.3, 0.4) is 0 Å². The molecule has 0 bridgehead atoms. The molecule has 1 aromatic rings. The predicted molar refractivity (Wildman–Crippen MR) is 73.3 cm³/mol. The number of nitrogens with one attached hydrogen (secondary N) is 1. The topological polar surface area (TPSA) is 15.3 Å². The molecule has 94 valence electrons. The summed E-state index contributed by atoms with van der Waals surface area (Å²) in [6.45, 7) is 11.3. The summed E-state index contributed by atoms with van der Waals surface area (Å²) >= 11 is 0. The Morgan fingerprint density at radius 2 is 1.94 bits per heavy atom. The third kappa shape index (κ3) is 3.08. The quantitative estimate of drug-likeness (QED) is 0.843. The van der Waals surface area contributed by atoms with Crippen LogP contribution in [0.2, 0.25) is 0 Å². The number of benzene rings is 1. The lowest BCUT2D eigenvalue weighted by atomic mass is 10.0. The maximum absolute atomic E-state index is 3.48.